The van der Waals surface area contributed by atoms with Crippen LogP contribution >= 0.6 is 0 Å². The third-order valence-electron chi connectivity index (χ3n) is 5.14. The molecule has 0 spiro atoms. The average Bonchev–Trinajstić information content (AvgIpc) is 3.18. The number of aliphatic hydroxyl groups is 1. The van der Waals surface area contributed by atoms with E-state index in [2.05, 4.69) is 10.3 Å². The van der Waals surface area contributed by atoms with Crippen LogP contribution in [0.4, 0.5) is 24.5 Å². The molecule has 2 N–H and O–H groups in total. The van der Waals surface area contributed by atoms with E-state index in [0.717, 1.165) is 12.1 Å². The third-order valence-corrected chi connectivity index (χ3v) is 5.14. The number of nitrogens with zero attached hydrogens (tertiary/aromatic N) is 3. The summed E-state index contributed by atoms with van der Waals surface area (Å²) in [5.74, 6) is -3.35. The Morgan fingerprint density at radius 2 is 1.81 bits per heavy atom. The van der Waals surface area contributed by atoms with Gasteiger partial charge < -0.3 is 19.9 Å². The van der Waals surface area contributed by atoms with Crippen molar-refractivity contribution >= 4 is 17.3 Å². The van der Waals surface area contributed by atoms with Crippen molar-refractivity contribution in [3.63, 3.8) is 0 Å². The van der Waals surface area contributed by atoms with Gasteiger partial charge in [0.25, 0.3) is 5.91 Å². The highest BCUT2D eigenvalue weighted by molar-refractivity contribution is 6.01. The minimum atomic E-state index is -1.33. The lowest BCUT2D eigenvalue weighted by molar-refractivity contribution is -0.0938. The number of carbonyl (C=O) groups excluding carboxylic acids is 1. The van der Waals surface area contributed by atoms with Crippen LogP contribution in [0.25, 0.3) is 0 Å². The summed E-state index contributed by atoms with van der Waals surface area (Å²) in [5, 5.41) is 13.2. The molecule has 0 saturated carbocycles. The van der Waals surface area contributed by atoms with E-state index in [4.69, 9.17) is 0 Å². The van der Waals surface area contributed by atoms with Gasteiger partial charge in [-0.05, 0) is 36.8 Å². The lowest BCUT2D eigenvalue weighted by atomic mass is 9.92. The fourth-order valence-corrected chi connectivity index (χ4v) is 3.56. The molecule has 9 heteroatoms. The fraction of sp³-hybridized carbons (Fsp3) is 0.304. The van der Waals surface area contributed by atoms with E-state index >= 15 is 0 Å². The van der Waals surface area contributed by atoms with E-state index in [1.54, 1.807) is 30.8 Å². The van der Waals surface area contributed by atoms with Crippen LogP contribution in [0.5, 0.6) is 0 Å². The molecule has 1 saturated heterocycles. The Labute approximate surface area is 184 Å². The Morgan fingerprint density at radius 1 is 1.12 bits per heavy atom. The predicted molar refractivity (Wildman–Crippen MR) is 115 cm³/mol. The molecule has 2 aromatic carbocycles. The number of nitrogens with one attached hydrogen (secondary N) is 1. The molecule has 1 aliphatic heterocycles. The maximum atomic E-state index is 14.5. The summed E-state index contributed by atoms with van der Waals surface area (Å²) in [6, 6.07) is 6.19. The Balaban J connectivity index is 0.00000141. The highest BCUT2D eigenvalue weighted by atomic mass is 19.2. The van der Waals surface area contributed by atoms with Gasteiger partial charge in [-0.25, -0.2) is 18.2 Å². The Hall–Kier alpha value is -3.33. The minimum absolute atomic E-state index is 0.0615. The van der Waals surface area contributed by atoms with Gasteiger partial charge in [0.1, 0.15) is 11.6 Å². The van der Waals surface area contributed by atoms with Gasteiger partial charge in [-0.15, -0.1) is 0 Å². The summed E-state index contributed by atoms with van der Waals surface area (Å²) in [6.07, 6.45) is 3.20. The van der Waals surface area contributed by atoms with Crippen LogP contribution in [0, 0.1) is 24.4 Å². The van der Waals surface area contributed by atoms with Gasteiger partial charge >= 0.3 is 0 Å². The Bertz CT molecular complexity index is 1140. The van der Waals surface area contributed by atoms with Crippen LogP contribution < -0.4 is 5.32 Å². The molecule has 2 heterocycles. The molecule has 0 aliphatic carbocycles. The summed E-state index contributed by atoms with van der Waals surface area (Å²) in [4.78, 5) is 18.3. The molecule has 0 radical (unpaired) electrons. The van der Waals surface area contributed by atoms with Gasteiger partial charge in [0.15, 0.2) is 17.2 Å². The number of hydrogen-bond acceptors (Lipinski definition) is 4. The molecule has 6 nitrogen and oxygen atoms in total. The summed E-state index contributed by atoms with van der Waals surface area (Å²) in [7, 11) is 1.72. The van der Waals surface area contributed by atoms with E-state index in [1.165, 1.54) is 23.2 Å². The fourth-order valence-electron chi connectivity index (χ4n) is 3.56. The van der Waals surface area contributed by atoms with E-state index in [9.17, 15) is 23.1 Å². The van der Waals surface area contributed by atoms with E-state index in [-0.39, 0.29) is 24.3 Å². The van der Waals surface area contributed by atoms with E-state index in [0.29, 0.717) is 11.4 Å². The quantitative estimate of drug-likeness (QED) is 0.628. The zero-order chi connectivity index (χ0) is 23.6. The van der Waals surface area contributed by atoms with Crippen LogP contribution in [0.2, 0.25) is 0 Å². The first-order chi connectivity index (χ1) is 15.2. The molecular formula is C23H25F3N4O2. The zero-order valence-corrected chi connectivity index (χ0v) is 18.3. The largest absolute Gasteiger partial charge is 0.378 e. The maximum Gasteiger partial charge on any atom is 0.256 e. The Morgan fingerprint density at radius 3 is 2.41 bits per heavy atom. The summed E-state index contributed by atoms with van der Waals surface area (Å²) in [5.41, 5.74) is -1.40. The standard InChI is InChI=1S/C21H19F3N4O2.C2H6/c1-12-3-6-16(15(23)9-12)26-18-13(4-5-14(22)17(18)24)19(29)28-10-21(30,11-28)20-25-7-8-27(20)2;1-2/h3-9,26,30H,10-11H2,1-2H3;1-2H3. The molecule has 1 aromatic heterocycles. The third kappa shape index (κ3) is 4.20. The van der Waals surface area contributed by atoms with Crippen molar-refractivity contribution in [1.29, 1.82) is 0 Å². The van der Waals surface area contributed by atoms with Crippen LogP contribution in [-0.4, -0.2) is 38.6 Å². The molecule has 4 rings (SSSR count). The second-order valence-corrected chi connectivity index (χ2v) is 7.45. The molecule has 0 bridgehead atoms. The molecule has 1 fully saturated rings. The molecule has 170 valence electrons. The van der Waals surface area contributed by atoms with E-state index in [1.807, 2.05) is 13.8 Å². The predicted octanol–water partition coefficient (Wildman–Crippen LogP) is 4.26. The highest BCUT2D eigenvalue weighted by Crippen LogP contribution is 2.34. The van der Waals surface area contributed by atoms with Crippen molar-refractivity contribution in [2.45, 2.75) is 26.4 Å². The first kappa shape index (κ1) is 23.3. The molecule has 1 aliphatic rings. The SMILES string of the molecule is CC.Cc1ccc(Nc2c(C(=O)N3CC(O)(c4nccn4C)C3)ccc(F)c2F)c(F)c1. The molecule has 3 aromatic rings. The van der Waals surface area contributed by atoms with Gasteiger partial charge in [-0.3, -0.25) is 4.79 Å². The number of β-amino-alcohol motifs (C(OH)–C–C–N with tert-alkyl or cyclic N) is 1. The van der Waals surface area contributed by atoms with Crippen LogP contribution in [0.1, 0.15) is 35.6 Å². The number of benzene rings is 2. The van der Waals surface area contributed by atoms with Gasteiger partial charge in [-0.2, -0.15) is 0 Å². The van der Waals surface area contributed by atoms with Crippen molar-refractivity contribution in [2.24, 2.45) is 7.05 Å². The van der Waals surface area contributed by atoms with Crippen LogP contribution in [0.15, 0.2) is 42.7 Å². The summed E-state index contributed by atoms with van der Waals surface area (Å²) < 4.78 is 44.3. The minimum Gasteiger partial charge on any atom is -0.378 e. The lowest BCUT2D eigenvalue weighted by Crippen LogP contribution is -2.62. The van der Waals surface area contributed by atoms with E-state index < -0.39 is 34.6 Å². The van der Waals surface area contributed by atoms with Crippen LogP contribution in [0.3, 0.4) is 0 Å². The zero-order valence-electron chi connectivity index (χ0n) is 18.3. The number of aryl methyl sites for hydroxylation is 2. The number of imidazole rings is 1. The number of aromatic nitrogens is 2. The first-order valence-corrected chi connectivity index (χ1v) is 10.2. The number of halogens is 3. The average molecular weight is 446 g/mol. The normalized spacial score (nSPS) is 14.3. The number of rotatable bonds is 4. The molecule has 0 atom stereocenters. The van der Waals surface area contributed by atoms with Crippen molar-refractivity contribution < 1.29 is 23.1 Å². The van der Waals surface area contributed by atoms with Crippen molar-refractivity contribution in [2.75, 3.05) is 18.4 Å². The molecule has 0 unspecified atom stereocenters. The molecule has 32 heavy (non-hydrogen) atoms. The number of likely N-dealkylation sites (tertiary alicyclic amines) is 1. The van der Waals surface area contributed by atoms with Gasteiger partial charge in [-0.1, -0.05) is 19.9 Å². The van der Waals surface area contributed by atoms with Gasteiger partial charge in [0, 0.05) is 19.4 Å². The lowest BCUT2D eigenvalue weighted by Gasteiger charge is -2.45. The highest BCUT2D eigenvalue weighted by Gasteiger charge is 2.48. The number of hydrogen-bond donors (Lipinski definition) is 2. The topological polar surface area (TPSA) is 70.4 Å². The van der Waals surface area contributed by atoms with Crippen molar-refractivity contribution in [3.05, 3.63) is 77.1 Å². The van der Waals surface area contributed by atoms with Gasteiger partial charge in [0.05, 0.1) is 30.0 Å². The van der Waals surface area contributed by atoms with Crippen LogP contribution in [-0.2, 0) is 12.6 Å². The maximum absolute atomic E-state index is 14.5. The number of amides is 1. The Kier molecular flexibility index (Phi) is 6.59. The monoisotopic (exact) mass is 446 g/mol. The number of anilines is 2. The second-order valence-electron chi connectivity index (χ2n) is 7.45. The molecular weight excluding hydrogens is 421 g/mol. The summed E-state index contributed by atoms with van der Waals surface area (Å²) >= 11 is 0. The van der Waals surface area contributed by atoms with Crippen molar-refractivity contribution in [3.8, 4) is 0 Å². The summed E-state index contributed by atoms with van der Waals surface area (Å²) in [6.45, 7) is 5.57. The smallest absolute Gasteiger partial charge is 0.256 e. The van der Waals surface area contributed by atoms with Crippen molar-refractivity contribution in [1.82, 2.24) is 14.5 Å². The second kappa shape index (κ2) is 9.04. The number of carbonyl (C=O) groups is 1. The first-order valence-electron chi connectivity index (χ1n) is 10.2. The molecule has 1 amide bonds. The van der Waals surface area contributed by atoms with Gasteiger partial charge in [0.2, 0.25) is 0 Å².